The molecule has 1 amide bonds. The minimum Gasteiger partial charge on any atom is -0.480 e. The lowest BCUT2D eigenvalue weighted by Crippen LogP contribution is -2.37. The molecule has 0 bridgehead atoms. The molecule has 1 rings (SSSR count). The molecule has 1 fully saturated rings. The van der Waals surface area contributed by atoms with E-state index >= 15 is 0 Å². The highest BCUT2D eigenvalue weighted by Crippen LogP contribution is 2.45. The van der Waals surface area contributed by atoms with Gasteiger partial charge in [0.15, 0.2) is 0 Å². The molecule has 0 radical (unpaired) electrons. The maximum Gasteiger partial charge on any atom is 0.319 e. The fourth-order valence-corrected chi connectivity index (χ4v) is 1.20. The number of carboxylic acid groups (broad SMARTS) is 1. The summed E-state index contributed by atoms with van der Waals surface area (Å²) in [7, 11) is 0. The van der Waals surface area contributed by atoms with E-state index in [1.165, 1.54) is 0 Å². The highest BCUT2D eigenvalue weighted by Gasteiger charge is 2.56. The van der Waals surface area contributed by atoms with Crippen LogP contribution >= 0.6 is 0 Å². The van der Waals surface area contributed by atoms with Gasteiger partial charge in [-0.1, -0.05) is 0 Å². The minimum atomic E-state index is -1.13. The molecule has 0 atom stereocenters. The number of hydrogen-bond donors (Lipinski definition) is 2. The van der Waals surface area contributed by atoms with Gasteiger partial charge in [-0.25, -0.2) is 0 Å². The Balaban J connectivity index is 2.34. The molecule has 0 aromatic heterocycles. The molecular formula is C10H13NO3. The van der Waals surface area contributed by atoms with E-state index < -0.39 is 11.4 Å². The van der Waals surface area contributed by atoms with E-state index in [0.717, 1.165) is 0 Å². The first-order valence-corrected chi connectivity index (χ1v) is 4.55. The second kappa shape index (κ2) is 4.14. The Morgan fingerprint density at radius 2 is 2.14 bits per heavy atom. The first kappa shape index (κ1) is 10.6. The second-order valence-corrected chi connectivity index (χ2v) is 3.32. The van der Waals surface area contributed by atoms with Crippen molar-refractivity contribution >= 4 is 11.9 Å². The summed E-state index contributed by atoms with van der Waals surface area (Å²) in [6, 6.07) is 0. The van der Waals surface area contributed by atoms with Crippen molar-refractivity contribution in [3.63, 3.8) is 0 Å². The van der Waals surface area contributed by atoms with Crippen molar-refractivity contribution in [1.29, 1.82) is 0 Å². The van der Waals surface area contributed by atoms with Crippen LogP contribution in [0.4, 0.5) is 0 Å². The van der Waals surface area contributed by atoms with Gasteiger partial charge in [0.2, 0.25) is 5.91 Å². The summed E-state index contributed by atoms with van der Waals surface area (Å²) < 4.78 is 0. The number of hydrogen-bond acceptors (Lipinski definition) is 2. The summed E-state index contributed by atoms with van der Waals surface area (Å²) in [4.78, 5) is 22.1. The van der Waals surface area contributed by atoms with Crippen LogP contribution in [0, 0.1) is 17.3 Å². The molecule has 0 heterocycles. The van der Waals surface area contributed by atoms with E-state index in [4.69, 9.17) is 5.11 Å². The number of carbonyl (C=O) groups is 2. The zero-order valence-electron chi connectivity index (χ0n) is 8.09. The third-order valence-corrected chi connectivity index (χ3v) is 2.31. The molecule has 4 heteroatoms. The van der Waals surface area contributed by atoms with Crippen LogP contribution in [-0.2, 0) is 9.59 Å². The Morgan fingerprint density at radius 3 is 2.57 bits per heavy atom. The highest BCUT2D eigenvalue weighted by molar-refractivity contribution is 6.04. The van der Waals surface area contributed by atoms with Crippen molar-refractivity contribution in [2.75, 3.05) is 6.54 Å². The van der Waals surface area contributed by atoms with Crippen LogP contribution in [-0.4, -0.2) is 23.5 Å². The third-order valence-electron chi connectivity index (χ3n) is 2.31. The summed E-state index contributed by atoms with van der Waals surface area (Å²) in [5, 5.41) is 11.4. The highest BCUT2D eigenvalue weighted by atomic mass is 16.4. The van der Waals surface area contributed by atoms with Gasteiger partial charge < -0.3 is 10.4 Å². The van der Waals surface area contributed by atoms with Crippen LogP contribution in [0.1, 0.15) is 26.2 Å². The van der Waals surface area contributed by atoms with Gasteiger partial charge in [-0.3, -0.25) is 9.59 Å². The molecule has 0 aromatic rings. The summed E-state index contributed by atoms with van der Waals surface area (Å²) >= 11 is 0. The fourth-order valence-electron chi connectivity index (χ4n) is 1.20. The zero-order valence-corrected chi connectivity index (χ0v) is 8.09. The lowest BCUT2D eigenvalue weighted by atomic mass is 10.1. The largest absolute Gasteiger partial charge is 0.480 e. The Bertz CT molecular complexity index is 307. The van der Waals surface area contributed by atoms with Gasteiger partial charge in [0.05, 0.1) is 0 Å². The molecule has 0 saturated heterocycles. The number of carbonyl (C=O) groups excluding carboxylic acids is 1. The number of rotatable bonds is 4. The standard InChI is InChI=1S/C10H13NO3/c1-2-3-4-7-11-8(12)10(5-6-10)9(13)14/h4-7H2,1H3,(H,11,12)(H,13,14). The van der Waals surface area contributed by atoms with Crippen LogP contribution in [0.25, 0.3) is 0 Å². The maximum atomic E-state index is 11.4. The number of aliphatic carboxylic acids is 1. The lowest BCUT2D eigenvalue weighted by molar-refractivity contribution is -0.149. The predicted octanol–water partition coefficient (Wildman–Crippen LogP) is 0.381. The molecule has 0 aromatic carbocycles. The smallest absolute Gasteiger partial charge is 0.319 e. The third kappa shape index (κ3) is 2.05. The zero-order chi connectivity index (χ0) is 10.6. The van der Waals surface area contributed by atoms with E-state index in [0.29, 0.717) is 25.8 Å². The molecule has 4 nitrogen and oxygen atoms in total. The number of nitrogens with one attached hydrogen (secondary N) is 1. The lowest BCUT2D eigenvalue weighted by Gasteiger charge is -2.08. The summed E-state index contributed by atoms with van der Waals surface area (Å²) in [6.45, 7) is 2.15. The Hall–Kier alpha value is -1.50. The number of carboxylic acids is 1. The van der Waals surface area contributed by atoms with Crippen molar-refractivity contribution in [3.05, 3.63) is 0 Å². The van der Waals surface area contributed by atoms with Crippen LogP contribution in [0.5, 0.6) is 0 Å². The van der Waals surface area contributed by atoms with Crippen molar-refractivity contribution in [2.45, 2.75) is 26.2 Å². The maximum absolute atomic E-state index is 11.4. The molecule has 0 spiro atoms. The van der Waals surface area contributed by atoms with Gasteiger partial charge in [0, 0.05) is 13.0 Å². The summed E-state index contributed by atoms with van der Waals surface area (Å²) in [6.07, 6.45) is 1.47. The number of amides is 1. The Kier molecular flexibility index (Phi) is 3.13. The Morgan fingerprint density at radius 1 is 1.50 bits per heavy atom. The topological polar surface area (TPSA) is 66.4 Å². The van der Waals surface area contributed by atoms with E-state index in [-0.39, 0.29) is 5.91 Å². The Labute approximate surface area is 82.7 Å². The molecule has 0 unspecified atom stereocenters. The molecular weight excluding hydrogens is 182 g/mol. The van der Waals surface area contributed by atoms with Gasteiger partial charge in [0.25, 0.3) is 0 Å². The minimum absolute atomic E-state index is 0.372. The van der Waals surface area contributed by atoms with Crippen molar-refractivity contribution in [2.24, 2.45) is 5.41 Å². The average molecular weight is 195 g/mol. The van der Waals surface area contributed by atoms with E-state index in [1.807, 2.05) is 0 Å². The average Bonchev–Trinajstić information content (AvgIpc) is 2.92. The molecule has 2 N–H and O–H groups in total. The summed E-state index contributed by atoms with van der Waals surface area (Å²) in [5.41, 5.74) is -1.13. The predicted molar refractivity (Wildman–Crippen MR) is 50.4 cm³/mol. The quantitative estimate of drug-likeness (QED) is 0.387. The molecule has 1 aliphatic rings. The first-order chi connectivity index (χ1) is 6.63. The van der Waals surface area contributed by atoms with Gasteiger partial charge in [-0.15, -0.1) is 11.8 Å². The van der Waals surface area contributed by atoms with Gasteiger partial charge in [-0.2, -0.15) is 0 Å². The molecule has 1 aliphatic carbocycles. The fraction of sp³-hybridized carbons (Fsp3) is 0.600. The second-order valence-electron chi connectivity index (χ2n) is 3.32. The summed E-state index contributed by atoms with van der Waals surface area (Å²) in [5.74, 6) is 4.10. The first-order valence-electron chi connectivity index (χ1n) is 4.55. The van der Waals surface area contributed by atoms with E-state index in [1.54, 1.807) is 6.92 Å². The van der Waals surface area contributed by atoms with Gasteiger partial charge >= 0.3 is 5.97 Å². The van der Waals surface area contributed by atoms with E-state index in [2.05, 4.69) is 17.2 Å². The van der Waals surface area contributed by atoms with Gasteiger partial charge in [-0.05, 0) is 19.8 Å². The van der Waals surface area contributed by atoms with Crippen molar-refractivity contribution < 1.29 is 14.7 Å². The molecule has 14 heavy (non-hydrogen) atoms. The van der Waals surface area contributed by atoms with Crippen LogP contribution < -0.4 is 5.32 Å². The van der Waals surface area contributed by atoms with Gasteiger partial charge in [0.1, 0.15) is 5.41 Å². The molecule has 76 valence electrons. The van der Waals surface area contributed by atoms with Crippen molar-refractivity contribution in [1.82, 2.24) is 5.32 Å². The normalized spacial score (nSPS) is 16.4. The van der Waals surface area contributed by atoms with Crippen LogP contribution in [0.2, 0.25) is 0 Å². The SMILES string of the molecule is CC#CCCNC(=O)C1(C(=O)O)CC1. The molecule has 1 saturated carbocycles. The van der Waals surface area contributed by atoms with Crippen molar-refractivity contribution in [3.8, 4) is 11.8 Å². The van der Waals surface area contributed by atoms with E-state index in [9.17, 15) is 9.59 Å². The van der Waals surface area contributed by atoms with Crippen LogP contribution in [0.3, 0.4) is 0 Å². The molecule has 0 aliphatic heterocycles. The van der Waals surface area contributed by atoms with Crippen LogP contribution in [0.15, 0.2) is 0 Å². The monoisotopic (exact) mass is 195 g/mol.